The normalized spacial score (nSPS) is 18.8. The number of hydrogen-bond donors (Lipinski definition) is 0. The van der Waals surface area contributed by atoms with Crippen LogP contribution in [-0.2, 0) is 13.0 Å². The predicted octanol–water partition coefficient (Wildman–Crippen LogP) is 4.11. The highest BCUT2D eigenvalue weighted by Gasteiger charge is 2.29. The molecule has 4 rings (SSSR count). The Bertz CT molecular complexity index is 751. The minimum absolute atomic E-state index is 0.162. The summed E-state index contributed by atoms with van der Waals surface area (Å²) >= 11 is 3.42. The maximum atomic E-state index is 12.7. The van der Waals surface area contributed by atoms with Crippen LogP contribution in [0, 0.1) is 0 Å². The van der Waals surface area contributed by atoms with Gasteiger partial charge in [-0.2, -0.15) is 0 Å². The summed E-state index contributed by atoms with van der Waals surface area (Å²) in [6, 6.07) is 17.1. The predicted molar refractivity (Wildman–Crippen MR) is 104 cm³/mol. The lowest BCUT2D eigenvalue weighted by Crippen LogP contribution is -2.48. The number of fused-ring (bicyclic) bond motifs is 1. The topological polar surface area (TPSA) is 23.6 Å². The van der Waals surface area contributed by atoms with Gasteiger partial charge in [0.05, 0.1) is 0 Å². The van der Waals surface area contributed by atoms with E-state index in [1.165, 1.54) is 11.1 Å². The van der Waals surface area contributed by atoms with Gasteiger partial charge >= 0.3 is 0 Å². The smallest absolute Gasteiger partial charge is 0.253 e. The molecule has 0 bridgehead atoms. The van der Waals surface area contributed by atoms with Crippen LogP contribution >= 0.6 is 15.9 Å². The Morgan fingerprint density at radius 2 is 1.60 bits per heavy atom. The van der Waals surface area contributed by atoms with Crippen LogP contribution in [0.3, 0.4) is 0 Å². The number of nitrogens with zero attached hydrogens (tertiary/aromatic N) is 2. The number of benzene rings is 2. The fraction of sp³-hybridized carbons (Fsp3) is 0.381. The van der Waals surface area contributed by atoms with E-state index in [2.05, 4.69) is 45.1 Å². The number of hydrogen-bond acceptors (Lipinski definition) is 2. The largest absolute Gasteiger partial charge is 0.339 e. The first-order valence-electron chi connectivity index (χ1n) is 9.06. The van der Waals surface area contributed by atoms with E-state index in [-0.39, 0.29) is 5.91 Å². The Balaban J connectivity index is 1.36. The Hall–Kier alpha value is -1.65. The van der Waals surface area contributed by atoms with Crippen LogP contribution in [0.5, 0.6) is 0 Å². The van der Waals surface area contributed by atoms with E-state index in [0.29, 0.717) is 6.04 Å². The first kappa shape index (κ1) is 16.8. The molecule has 0 aliphatic carbocycles. The van der Waals surface area contributed by atoms with Crippen LogP contribution < -0.4 is 0 Å². The highest BCUT2D eigenvalue weighted by Crippen LogP contribution is 2.25. The molecule has 4 heteroatoms. The van der Waals surface area contributed by atoms with Crippen molar-refractivity contribution in [1.82, 2.24) is 9.80 Å². The summed E-state index contributed by atoms with van der Waals surface area (Å²) in [6.45, 7) is 3.92. The highest BCUT2D eigenvalue weighted by molar-refractivity contribution is 9.10. The van der Waals surface area contributed by atoms with E-state index < -0.39 is 0 Å². The van der Waals surface area contributed by atoms with Crippen LogP contribution in [0.25, 0.3) is 0 Å². The number of piperidine rings is 1. The van der Waals surface area contributed by atoms with Crippen LogP contribution in [0.2, 0.25) is 0 Å². The number of carbonyl (C=O) groups is 1. The standard InChI is InChI=1S/C21H23BrN2O/c22-19-7-5-17(6-8-19)21(25)23-13-10-20(11-14-23)24-12-9-16-3-1-2-4-18(16)15-24/h1-8,20H,9-15H2. The maximum Gasteiger partial charge on any atom is 0.253 e. The highest BCUT2D eigenvalue weighted by atomic mass is 79.9. The molecule has 0 unspecified atom stereocenters. The van der Waals surface area contributed by atoms with Gasteiger partial charge in [0, 0.05) is 42.3 Å². The average molecular weight is 399 g/mol. The molecule has 0 spiro atoms. The molecule has 3 nitrogen and oxygen atoms in total. The number of amides is 1. The van der Waals surface area contributed by atoms with Crippen molar-refractivity contribution >= 4 is 21.8 Å². The molecule has 0 saturated carbocycles. The molecular weight excluding hydrogens is 376 g/mol. The summed E-state index contributed by atoms with van der Waals surface area (Å²) in [4.78, 5) is 17.3. The van der Waals surface area contributed by atoms with Crippen molar-refractivity contribution in [3.05, 3.63) is 69.7 Å². The van der Waals surface area contributed by atoms with Gasteiger partial charge in [-0.05, 0) is 54.7 Å². The van der Waals surface area contributed by atoms with Gasteiger partial charge in [-0.3, -0.25) is 9.69 Å². The van der Waals surface area contributed by atoms with Gasteiger partial charge in [-0.1, -0.05) is 40.2 Å². The Morgan fingerprint density at radius 1 is 0.920 bits per heavy atom. The molecule has 2 aromatic rings. The zero-order valence-corrected chi connectivity index (χ0v) is 15.9. The van der Waals surface area contributed by atoms with E-state index in [1.54, 1.807) is 0 Å². The van der Waals surface area contributed by atoms with E-state index >= 15 is 0 Å². The van der Waals surface area contributed by atoms with Crippen molar-refractivity contribution in [2.45, 2.75) is 31.8 Å². The van der Waals surface area contributed by atoms with Crippen molar-refractivity contribution in [1.29, 1.82) is 0 Å². The summed E-state index contributed by atoms with van der Waals surface area (Å²) in [5.74, 6) is 0.162. The minimum atomic E-state index is 0.162. The van der Waals surface area contributed by atoms with E-state index in [4.69, 9.17) is 0 Å². The lowest BCUT2D eigenvalue weighted by atomic mass is 9.95. The Kier molecular flexibility index (Phi) is 4.91. The lowest BCUT2D eigenvalue weighted by Gasteiger charge is -2.40. The molecule has 0 atom stereocenters. The quantitative estimate of drug-likeness (QED) is 0.759. The third-order valence-electron chi connectivity index (χ3n) is 5.52. The minimum Gasteiger partial charge on any atom is -0.339 e. The van der Waals surface area contributed by atoms with Crippen LogP contribution in [0.1, 0.15) is 34.3 Å². The molecule has 1 fully saturated rings. The molecular formula is C21H23BrN2O. The lowest BCUT2D eigenvalue weighted by molar-refractivity contribution is 0.0599. The third kappa shape index (κ3) is 3.65. The van der Waals surface area contributed by atoms with E-state index in [1.807, 2.05) is 29.2 Å². The van der Waals surface area contributed by atoms with Crippen LogP contribution in [0.4, 0.5) is 0 Å². The third-order valence-corrected chi connectivity index (χ3v) is 6.05. The second kappa shape index (κ2) is 7.30. The van der Waals surface area contributed by atoms with Crippen molar-refractivity contribution in [2.75, 3.05) is 19.6 Å². The molecule has 0 radical (unpaired) electrons. The summed E-state index contributed by atoms with van der Waals surface area (Å²) in [7, 11) is 0. The van der Waals surface area contributed by atoms with Crippen molar-refractivity contribution in [3.63, 3.8) is 0 Å². The van der Waals surface area contributed by atoms with Crippen LogP contribution in [-0.4, -0.2) is 41.4 Å². The van der Waals surface area contributed by atoms with Gasteiger partial charge in [-0.25, -0.2) is 0 Å². The monoisotopic (exact) mass is 398 g/mol. The number of rotatable bonds is 2. The SMILES string of the molecule is O=C(c1ccc(Br)cc1)N1CCC(N2CCc3ccccc3C2)CC1. The maximum absolute atomic E-state index is 12.7. The second-order valence-corrected chi connectivity index (χ2v) is 7.94. The van der Waals surface area contributed by atoms with Gasteiger partial charge in [0.15, 0.2) is 0 Å². The van der Waals surface area contributed by atoms with Gasteiger partial charge in [0.1, 0.15) is 0 Å². The summed E-state index contributed by atoms with van der Waals surface area (Å²) in [5, 5.41) is 0. The molecule has 2 aliphatic heterocycles. The molecule has 25 heavy (non-hydrogen) atoms. The van der Waals surface area contributed by atoms with E-state index in [0.717, 1.165) is 55.5 Å². The molecule has 2 aromatic carbocycles. The molecule has 0 aromatic heterocycles. The zero-order valence-electron chi connectivity index (χ0n) is 14.3. The van der Waals surface area contributed by atoms with Gasteiger partial charge in [0.25, 0.3) is 5.91 Å². The molecule has 130 valence electrons. The van der Waals surface area contributed by atoms with Crippen molar-refractivity contribution < 1.29 is 4.79 Å². The Morgan fingerprint density at radius 3 is 2.32 bits per heavy atom. The molecule has 2 aliphatic rings. The molecule has 0 N–H and O–H groups in total. The van der Waals surface area contributed by atoms with Gasteiger partial charge < -0.3 is 4.90 Å². The van der Waals surface area contributed by atoms with Crippen LogP contribution in [0.15, 0.2) is 53.0 Å². The molecule has 1 saturated heterocycles. The fourth-order valence-corrected chi connectivity index (χ4v) is 4.30. The molecule has 1 amide bonds. The zero-order chi connectivity index (χ0) is 17.2. The van der Waals surface area contributed by atoms with Gasteiger partial charge in [0.2, 0.25) is 0 Å². The Labute approximate surface area is 157 Å². The average Bonchev–Trinajstić information content (AvgIpc) is 2.68. The van der Waals surface area contributed by atoms with Gasteiger partial charge in [-0.15, -0.1) is 0 Å². The number of carbonyl (C=O) groups excluding carboxylic acids is 1. The van der Waals surface area contributed by atoms with E-state index in [9.17, 15) is 4.79 Å². The summed E-state index contributed by atoms with van der Waals surface area (Å²) in [5.41, 5.74) is 3.76. The van der Waals surface area contributed by atoms with Crippen molar-refractivity contribution in [3.8, 4) is 0 Å². The second-order valence-electron chi connectivity index (χ2n) is 7.02. The van der Waals surface area contributed by atoms with Crippen molar-refractivity contribution in [2.24, 2.45) is 0 Å². The fourth-order valence-electron chi connectivity index (χ4n) is 4.04. The number of halogens is 1. The first-order chi connectivity index (χ1) is 12.2. The summed E-state index contributed by atoms with van der Waals surface area (Å²) < 4.78 is 1.01. The molecule has 2 heterocycles. The first-order valence-corrected chi connectivity index (χ1v) is 9.86. The summed E-state index contributed by atoms with van der Waals surface area (Å²) in [6.07, 6.45) is 3.29. The number of likely N-dealkylation sites (tertiary alicyclic amines) is 1.